The summed E-state index contributed by atoms with van der Waals surface area (Å²) in [5.74, 6) is 0.961. The number of ether oxygens (including phenoxy) is 3. The van der Waals surface area contributed by atoms with E-state index >= 15 is 0 Å². The quantitative estimate of drug-likeness (QED) is 0.220. The predicted octanol–water partition coefficient (Wildman–Crippen LogP) is 3.86. The Labute approximate surface area is 169 Å². The minimum atomic E-state index is -0.513. The van der Waals surface area contributed by atoms with Gasteiger partial charge in [0.25, 0.3) is 5.69 Å². The molecule has 5 rings (SSSR count). The van der Waals surface area contributed by atoms with Crippen LogP contribution in [0.25, 0.3) is 16.9 Å². The summed E-state index contributed by atoms with van der Waals surface area (Å²) in [6.45, 7) is 0.131. The molecule has 30 heavy (non-hydrogen) atoms. The van der Waals surface area contributed by atoms with Gasteiger partial charge in [-0.3, -0.25) is 14.5 Å². The first-order valence-corrected chi connectivity index (χ1v) is 8.92. The summed E-state index contributed by atoms with van der Waals surface area (Å²) >= 11 is 0. The monoisotopic (exact) mass is 403 g/mol. The van der Waals surface area contributed by atoms with E-state index in [0.29, 0.717) is 34.2 Å². The number of hydrogen-bond acceptors (Lipinski definition) is 7. The Morgan fingerprint density at radius 2 is 1.83 bits per heavy atom. The number of rotatable bonds is 4. The van der Waals surface area contributed by atoms with Crippen molar-refractivity contribution in [3.05, 3.63) is 82.7 Å². The maximum absolute atomic E-state index is 12.4. The van der Waals surface area contributed by atoms with Crippen molar-refractivity contribution in [1.29, 1.82) is 0 Å². The van der Waals surface area contributed by atoms with Crippen molar-refractivity contribution in [3.63, 3.8) is 0 Å². The molecular formula is C21H13N3O6. The van der Waals surface area contributed by atoms with Crippen LogP contribution in [-0.2, 0) is 0 Å². The van der Waals surface area contributed by atoms with E-state index in [1.54, 1.807) is 59.1 Å². The number of carbonyl (C=O) groups excluding carboxylic acids is 1. The topological polar surface area (TPSA) is 105 Å². The minimum Gasteiger partial charge on any atom is -0.454 e. The number of fused-ring (bicyclic) bond motifs is 2. The largest absolute Gasteiger partial charge is 0.454 e. The molecule has 1 aliphatic heterocycles. The Hall–Kier alpha value is -4.40. The summed E-state index contributed by atoms with van der Waals surface area (Å²) in [5.41, 5.74) is 2.35. The Morgan fingerprint density at radius 3 is 2.63 bits per heavy atom. The lowest BCUT2D eigenvalue weighted by atomic mass is 10.1. The third-order valence-corrected chi connectivity index (χ3v) is 4.62. The van der Waals surface area contributed by atoms with Gasteiger partial charge in [0.05, 0.1) is 22.4 Å². The molecule has 0 bridgehead atoms. The second kappa shape index (κ2) is 6.89. The highest BCUT2D eigenvalue weighted by atomic mass is 16.7. The smallest absolute Gasteiger partial charge is 0.343 e. The van der Waals surface area contributed by atoms with Crippen LogP contribution >= 0.6 is 0 Å². The maximum atomic E-state index is 12.4. The highest BCUT2D eigenvalue weighted by Crippen LogP contribution is 2.33. The van der Waals surface area contributed by atoms with Crippen molar-refractivity contribution in [2.75, 3.05) is 6.79 Å². The SMILES string of the molecule is O=C(Oc1ccc(-c2cn3cc([N+](=O)[O-])ccc3n2)cc1)c1ccc2c(c1)OCO2. The van der Waals surface area contributed by atoms with E-state index in [-0.39, 0.29) is 12.5 Å². The van der Waals surface area contributed by atoms with Crippen LogP contribution in [0.3, 0.4) is 0 Å². The van der Waals surface area contributed by atoms with Crippen LogP contribution in [0.2, 0.25) is 0 Å². The second-order valence-electron chi connectivity index (χ2n) is 6.52. The lowest BCUT2D eigenvalue weighted by Crippen LogP contribution is -2.08. The number of esters is 1. The van der Waals surface area contributed by atoms with Gasteiger partial charge < -0.3 is 14.2 Å². The van der Waals surface area contributed by atoms with Gasteiger partial charge in [0.1, 0.15) is 11.4 Å². The molecule has 0 N–H and O–H groups in total. The molecule has 2 aromatic carbocycles. The molecule has 0 aliphatic carbocycles. The first kappa shape index (κ1) is 17.7. The lowest BCUT2D eigenvalue weighted by Gasteiger charge is -2.06. The third-order valence-electron chi connectivity index (χ3n) is 4.62. The summed E-state index contributed by atoms with van der Waals surface area (Å²) in [4.78, 5) is 27.3. The molecule has 2 aromatic heterocycles. The van der Waals surface area contributed by atoms with Crippen molar-refractivity contribution in [2.24, 2.45) is 0 Å². The van der Waals surface area contributed by atoms with E-state index in [2.05, 4.69) is 4.98 Å². The number of nitrogens with zero attached hydrogens (tertiary/aromatic N) is 3. The van der Waals surface area contributed by atoms with Crippen molar-refractivity contribution < 1.29 is 23.9 Å². The molecule has 3 heterocycles. The number of benzene rings is 2. The van der Waals surface area contributed by atoms with Gasteiger partial charge in [-0.05, 0) is 48.5 Å². The zero-order valence-electron chi connectivity index (χ0n) is 15.3. The van der Waals surface area contributed by atoms with Crippen LogP contribution in [0.1, 0.15) is 10.4 Å². The second-order valence-corrected chi connectivity index (χ2v) is 6.52. The molecule has 0 atom stereocenters. The van der Waals surface area contributed by atoms with Gasteiger partial charge in [-0.15, -0.1) is 0 Å². The zero-order valence-corrected chi connectivity index (χ0v) is 15.3. The average Bonchev–Trinajstić information content (AvgIpc) is 3.39. The molecule has 1 aliphatic rings. The Kier molecular flexibility index (Phi) is 4.06. The highest BCUT2D eigenvalue weighted by molar-refractivity contribution is 5.92. The van der Waals surface area contributed by atoms with Gasteiger partial charge in [-0.1, -0.05) is 0 Å². The van der Waals surface area contributed by atoms with Gasteiger partial charge >= 0.3 is 5.97 Å². The van der Waals surface area contributed by atoms with Crippen molar-refractivity contribution in [3.8, 4) is 28.5 Å². The first-order valence-electron chi connectivity index (χ1n) is 8.92. The Morgan fingerprint density at radius 1 is 1.03 bits per heavy atom. The zero-order chi connectivity index (χ0) is 20.7. The Balaban J connectivity index is 1.34. The standard InChI is InChI=1S/C21H13N3O6/c25-21(14-3-7-18-19(9-14)29-12-28-18)30-16-5-1-13(2-6-16)17-11-23-10-15(24(26)27)4-8-20(23)22-17/h1-11H,12H2. The van der Waals surface area contributed by atoms with Crippen molar-refractivity contribution in [2.45, 2.75) is 0 Å². The molecule has 148 valence electrons. The fraction of sp³-hybridized carbons (Fsp3) is 0.0476. The van der Waals surface area contributed by atoms with E-state index in [9.17, 15) is 14.9 Å². The number of carbonyl (C=O) groups is 1. The van der Waals surface area contributed by atoms with Gasteiger partial charge in [0.2, 0.25) is 6.79 Å². The molecule has 0 spiro atoms. The molecule has 9 nitrogen and oxygen atoms in total. The molecule has 9 heteroatoms. The fourth-order valence-corrected chi connectivity index (χ4v) is 3.11. The van der Waals surface area contributed by atoms with E-state index in [1.165, 1.54) is 12.3 Å². The molecular weight excluding hydrogens is 390 g/mol. The number of imidazole rings is 1. The van der Waals surface area contributed by atoms with Gasteiger partial charge in [0, 0.05) is 17.8 Å². The van der Waals surface area contributed by atoms with Crippen LogP contribution in [0.4, 0.5) is 5.69 Å². The van der Waals surface area contributed by atoms with Crippen molar-refractivity contribution in [1.82, 2.24) is 9.38 Å². The summed E-state index contributed by atoms with van der Waals surface area (Å²) in [6, 6.07) is 14.7. The highest BCUT2D eigenvalue weighted by Gasteiger charge is 2.17. The predicted molar refractivity (Wildman–Crippen MR) is 105 cm³/mol. The van der Waals surface area contributed by atoms with Crippen LogP contribution in [0.15, 0.2) is 67.0 Å². The van der Waals surface area contributed by atoms with Gasteiger partial charge in [-0.25, -0.2) is 9.78 Å². The van der Waals surface area contributed by atoms with Crippen molar-refractivity contribution >= 4 is 17.3 Å². The van der Waals surface area contributed by atoms with Crippen LogP contribution in [-0.4, -0.2) is 27.1 Å². The average molecular weight is 403 g/mol. The minimum absolute atomic E-state index is 0.0165. The molecule has 4 aromatic rings. The molecule has 0 fully saturated rings. The van der Waals surface area contributed by atoms with Crippen LogP contribution in [0, 0.1) is 10.1 Å². The van der Waals surface area contributed by atoms with Crippen LogP contribution in [0.5, 0.6) is 17.2 Å². The van der Waals surface area contributed by atoms with E-state index in [4.69, 9.17) is 14.2 Å². The van der Waals surface area contributed by atoms with E-state index in [1.807, 2.05) is 0 Å². The fourth-order valence-electron chi connectivity index (χ4n) is 3.11. The number of aromatic nitrogens is 2. The molecule has 0 amide bonds. The first-order chi connectivity index (χ1) is 14.6. The molecule has 0 radical (unpaired) electrons. The molecule has 0 unspecified atom stereocenters. The summed E-state index contributed by atoms with van der Waals surface area (Å²) < 4.78 is 17.5. The van der Waals surface area contributed by atoms with Gasteiger partial charge in [0.15, 0.2) is 11.5 Å². The molecule has 0 saturated heterocycles. The summed E-state index contributed by atoms with van der Waals surface area (Å²) in [5, 5.41) is 10.9. The maximum Gasteiger partial charge on any atom is 0.343 e. The normalized spacial score (nSPS) is 12.1. The third kappa shape index (κ3) is 3.18. The summed E-state index contributed by atoms with van der Waals surface area (Å²) in [7, 11) is 0. The van der Waals surface area contributed by atoms with E-state index in [0.717, 1.165) is 5.56 Å². The lowest BCUT2D eigenvalue weighted by molar-refractivity contribution is -0.385. The number of nitro groups is 1. The Bertz CT molecular complexity index is 1300. The van der Waals surface area contributed by atoms with Crippen LogP contribution < -0.4 is 14.2 Å². The number of pyridine rings is 1. The summed E-state index contributed by atoms with van der Waals surface area (Å²) in [6.07, 6.45) is 3.11. The van der Waals surface area contributed by atoms with Gasteiger partial charge in [-0.2, -0.15) is 0 Å². The number of hydrogen-bond donors (Lipinski definition) is 0. The molecule has 0 saturated carbocycles. The van der Waals surface area contributed by atoms with E-state index < -0.39 is 10.9 Å².